The lowest BCUT2D eigenvalue weighted by atomic mass is 10.2. The number of aromatic nitrogens is 2. The van der Waals surface area contributed by atoms with Gasteiger partial charge in [0.05, 0.1) is 16.4 Å². The number of piperazine rings is 1. The monoisotopic (exact) mass is 308 g/mol. The van der Waals surface area contributed by atoms with E-state index in [9.17, 15) is 0 Å². The fourth-order valence-electron chi connectivity index (χ4n) is 1.92. The van der Waals surface area contributed by atoms with Gasteiger partial charge < -0.3 is 5.32 Å². The molecule has 1 saturated heterocycles. The average Bonchev–Trinajstić information content (AvgIpc) is 2.53. The second-order valence-electron chi connectivity index (χ2n) is 4.09. The zero-order chi connectivity index (χ0) is 10.8. The van der Waals surface area contributed by atoms with Crippen molar-refractivity contribution in [2.24, 2.45) is 7.05 Å². The Bertz CT molecular complexity index is 322. The SMILES string of the molecule is C[C@@H]1CNCCN1Cc1c(Br)cnn1C.Cl. The van der Waals surface area contributed by atoms with Gasteiger partial charge in [0.25, 0.3) is 0 Å². The number of hydrogen-bond donors (Lipinski definition) is 1. The van der Waals surface area contributed by atoms with Gasteiger partial charge in [-0.2, -0.15) is 5.10 Å². The Hall–Kier alpha value is -0.100. The highest BCUT2D eigenvalue weighted by molar-refractivity contribution is 9.10. The molecule has 4 nitrogen and oxygen atoms in total. The van der Waals surface area contributed by atoms with Gasteiger partial charge in [0.15, 0.2) is 0 Å². The van der Waals surface area contributed by atoms with Gasteiger partial charge in [-0.1, -0.05) is 0 Å². The first-order chi connectivity index (χ1) is 7.18. The Morgan fingerprint density at radius 3 is 2.94 bits per heavy atom. The molecule has 1 aliphatic heterocycles. The van der Waals surface area contributed by atoms with Crippen LogP contribution < -0.4 is 5.32 Å². The molecule has 0 amide bonds. The Balaban J connectivity index is 0.00000128. The molecular formula is C10H18BrClN4. The molecule has 0 aromatic carbocycles. The van der Waals surface area contributed by atoms with Crippen molar-refractivity contribution in [1.82, 2.24) is 20.0 Å². The maximum absolute atomic E-state index is 4.23. The molecule has 6 heteroatoms. The first-order valence-corrected chi connectivity index (χ1v) is 6.09. The fraction of sp³-hybridized carbons (Fsp3) is 0.700. The molecule has 1 N–H and O–H groups in total. The van der Waals surface area contributed by atoms with E-state index < -0.39 is 0 Å². The third-order valence-corrected chi connectivity index (χ3v) is 3.66. The van der Waals surface area contributed by atoms with Crippen LogP contribution in [-0.2, 0) is 13.6 Å². The predicted octanol–water partition coefficient (Wildman–Crippen LogP) is 1.40. The zero-order valence-electron chi connectivity index (χ0n) is 9.61. The summed E-state index contributed by atoms with van der Waals surface area (Å²) in [5, 5.41) is 7.63. The second kappa shape index (κ2) is 6.00. The van der Waals surface area contributed by atoms with Crippen LogP contribution in [-0.4, -0.2) is 40.4 Å². The summed E-state index contributed by atoms with van der Waals surface area (Å²) < 4.78 is 3.05. The summed E-state index contributed by atoms with van der Waals surface area (Å²) in [6.07, 6.45) is 1.86. The molecule has 2 rings (SSSR count). The van der Waals surface area contributed by atoms with Gasteiger partial charge in [-0.3, -0.25) is 9.58 Å². The molecule has 1 aromatic heterocycles. The van der Waals surface area contributed by atoms with Crippen LogP contribution in [0.3, 0.4) is 0 Å². The lowest BCUT2D eigenvalue weighted by molar-refractivity contribution is 0.161. The molecule has 0 spiro atoms. The van der Waals surface area contributed by atoms with E-state index in [-0.39, 0.29) is 12.4 Å². The highest BCUT2D eigenvalue weighted by Crippen LogP contribution is 2.18. The summed E-state index contributed by atoms with van der Waals surface area (Å²) in [6.45, 7) is 6.50. The van der Waals surface area contributed by atoms with E-state index in [4.69, 9.17) is 0 Å². The molecule has 1 aromatic rings. The minimum atomic E-state index is 0. The number of aryl methyl sites for hydroxylation is 1. The third kappa shape index (κ3) is 2.97. The standard InChI is InChI=1S/C10H17BrN4.ClH/c1-8-5-12-3-4-15(8)7-10-9(11)6-13-14(10)2;/h6,8,12H,3-5,7H2,1-2H3;1H/t8-;/m1./s1. The molecule has 0 aliphatic carbocycles. The molecule has 16 heavy (non-hydrogen) atoms. The van der Waals surface area contributed by atoms with Gasteiger partial charge in [0, 0.05) is 39.3 Å². The van der Waals surface area contributed by atoms with Crippen molar-refractivity contribution in [2.45, 2.75) is 19.5 Å². The van der Waals surface area contributed by atoms with Gasteiger partial charge >= 0.3 is 0 Å². The molecule has 92 valence electrons. The first kappa shape index (κ1) is 14.0. The predicted molar refractivity (Wildman–Crippen MR) is 70.9 cm³/mol. The van der Waals surface area contributed by atoms with Crippen LogP contribution in [0.1, 0.15) is 12.6 Å². The minimum Gasteiger partial charge on any atom is -0.314 e. The quantitative estimate of drug-likeness (QED) is 0.896. The van der Waals surface area contributed by atoms with Crippen LogP contribution in [0.2, 0.25) is 0 Å². The number of rotatable bonds is 2. The molecule has 0 bridgehead atoms. The molecule has 1 aliphatic rings. The van der Waals surface area contributed by atoms with Crippen LogP contribution in [0.4, 0.5) is 0 Å². The van der Waals surface area contributed by atoms with E-state index in [1.165, 1.54) is 5.69 Å². The third-order valence-electron chi connectivity index (χ3n) is 3.00. The Morgan fingerprint density at radius 2 is 2.38 bits per heavy atom. The summed E-state index contributed by atoms with van der Waals surface area (Å²) in [4.78, 5) is 2.48. The molecule has 0 radical (unpaired) electrons. The molecule has 1 fully saturated rings. The van der Waals surface area contributed by atoms with Crippen LogP contribution in [0.15, 0.2) is 10.7 Å². The largest absolute Gasteiger partial charge is 0.314 e. The zero-order valence-corrected chi connectivity index (χ0v) is 12.0. The Kier molecular flexibility index (Phi) is 5.24. The normalized spacial score (nSPS) is 21.8. The highest BCUT2D eigenvalue weighted by Gasteiger charge is 2.20. The molecule has 2 heterocycles. The topological polar surface area (TPSA) is 33.1 Å². The number of nitrogens with zero attached hydrogens (tertiary/aromatic N) is 3. The van der Waals surface area contributed by atoms with Gasteiger partial charge in [-0.25, -0.2) is 0 Å². The van der Waals surface area contributed by atoms with Crippen molar-refractivity contribution >= 4 is 28.3 Å². The molecule has 0 saturated carbocycles. The maximum atomic E-state index is 4.23. The van der Waals surface area contributed by atoms with Crippen molar-refractivity contribution in [3.05, 3.63) is 16.4 Å². The summed E-state index contributed by atoms with van der Waals surface area (Å²) >= 11 is 3.54. The number of halogens is 2. The molecule has 1 atom stereocenters. The van der Waals surface area contributed by atoms with E-state index in [0.29, 0.717) is 6.04 Å². The Morgan fingerprint density at radius 1 is 1.62 bits per heavy atom. The number of hydrogen-bond acceptors (Lipinski definition) is 3. The van der Waals surface area contributed by atoms with E-state index in [2.05, 4.69) is 38.2 Å². The van der Waals surface area contributed by atoms with Crippen molar-refractivity contribution in [3.63, 3.8) is 0 Å². The van der Waals surface area contributed by atoms with Gasteiger partial charge in [-0.05, 0) is 22.9 Å². The summed E-state index contributed by atoms with van der Waals surface area (Å²) in [5.41, 5.74) is 1.25. The maximum Gasteiger partial charge on any atom is 0.0663 e. The number of nitrogens with one attached hydrogen (secondary N) is 1. The lowest BCUT2D eigenvalue weighted by Crippen LogP contribution is -2.49. The lowest BCUT2D eigenvalue weighted by Gasteiger charge is -2.33. The van der Waals surface area contributed by atoms with Crippen molar-refractivity contribution in [3.8, 4) is 0 Å². The van der Waals surface area contributed by atoms with E-state index in [1.807, 2.05) is 17.9 Å². The van der Waals surface area contributed by atoms with Crippen molar-refractivity contribution < 1.29 is 0 Å². The smallest absolute Gasteiger partial charge is 0.0663 e. The second-order valence-corrected chi connectivity index (χ2v) is 4.94. The van der Waals surface area contributed by atoms with Crippen molar-refractivity contribution in [1.29, 1.82) is 0 Å². The van der Waals surface area contributed by atoms with Gasteiger partial charge in [-0.15, -0.1) is 12.4 Å². The van der Waals surface area contributed by atoms with Crippen LogP contribution in [0, 0.1) is 0 Å². The average molecular weight is 310 g/mol. The van der Waals surface area contributed by atoms with E-state index in [1.54, 1.807) is 0 Å². The van der Waals surface area contributed by atoms with Gasteiger partial charge in [0.1, 0.15) is 0 Å². The van der Waals surface area contributed by atoms with E-state index >= 15 is 0 Å². The highest BCUT2D eigenvalue weighted by atomic mass is 79.9. The fourth-order valence-corrected chi connectivity index (χ4v) is 2.40. The summed E-state index contributed by atoms with van der Waals surface area (Å²) in [7, 11) is 1.99. The Labute approximate surface area is 111 Å². The molecular weight excluding hydrogens is 291 g/mol. The summed E-state index contributed by atoms with van der Waals surface area (Å²) in [5.74, 6) is 0. The van der Waals surface area contributed by atoms with Crippen LogP contribution >= 0.6 is 28.3 Å². The first-order valence-electron chi connectivity index (χ1n) is 5.29. The van der Waals surface area contributed by atoms with Gasteiger partial charge in [0.2, 0.25) is 0 Å². The van der Waals surface area contributed by atoms with Crippen LogP contribution in [0.25, 0.3) is 0 Å². The van der Waals surface area contributed by atoms with Crippen molar-refractivity contribution in [2.75, 3.05) is 19.6 Å². The minimum absolute atomic E-state index is 0. The molecule has 0 unspecified atom stereocenters. The van der Waals surface area contributed by atoms with E-state index in [0.717, 1.165) is 30.7 Å². The van der Waals surface area contributed by atoms with Crippen LogP contribution in [0.5, 0.6) is 0 Å². The summed E-state index contributed by atoms with van der Waals surface area (Å²) in [6, 6.07) is 0.598.